The van der Waals surface area contributed by atoms with E-state index in [4.69, 9.17) is 4.74 Å². The summed E-state index contributed by atoms with van der Waals surface area (Å²) in [6.07, 6.45) is 3.67. The Morgan fingerprint density at radius 1 is 1.30 bits per heavy atom. The molecule has 0 unspecified atom stereocenters. The van der Waals surface area contributed by atoms with Crippen molar-refractivity contribution in [3.8, 4) is 5.75 Å². The average Bonchev–Trinajstić information content (AvgIpc) is 2.91. The molecule has 0 N–H and O–H groups in total. The maximum Gasteiger partial charge on any atom is 0.227 e. The van der Waals surface area contributed by atoms with Crippen LogP contribution in [0.15, 0.2) is 36.7 Å². The summed E-state index contributed by atoms with van der Waals surface area (Å²) in [5.74, 6) is 0.865. The van der Waals surface area contributed by atoms with Crippen LogP contribution in [-0.4, -0.2) is 46.0 Å². The summed E-state index contributed by atoms with van der Waals surface area (Å²) >= 11 is 0. The van der Waals surface area contributed by atoms with E-state index in [9.17, 15) is 4.79 Å². The number of likely N-dealkylation sites (tertiary alicyclic amines) is 1. The first kappa shape index (κ1) is 12.7. The topological polar surface area (TPSA) is 60.2 Å². The second-order valence-corrected chi connectivity index (χ2v) is 4.79. The third-order valence-electron chi connectivity index (χ3n) is 3.51. The summed E-state index contributed by atoms with van der Waals surface area (Å²) < 4.78 is 5.26. The second kappa shape index (κ2) is 5.32. The van der Waals surface area contributed by atoms with Gasteiger partial charge in [0, 0.05) is 18.7 Å². The van der Waals surface area contributed by atoms with E-state index in [0.29, 0.717) is 19.5 Å². The highest BCUT2D eigenvalue weighted by Crippen LogP contribution is 2.23. The van der Waals surface area contributed by atoms with Gasteiger partial charge in [0.1, 0.15) is 11.8 Å². The molecule has 3 rings (SSSR count). The molecule has 6 nitrogen and oxygen atoms in total. The Morgan fingerprint density at radius 3 is 2.70 bits per heavy atom. The lowest BCUT2D eigenvalue weighted by Gasteiger charge is -2.38. The van der Waals surface area contributed by atoms with Crippen molar-refractivity contribution in [1.29, 1.82) is 0 Å². The van der Waals surface area contributed by atoms with Gasteiger partial charge in [-0.15, -0.1) is 0 Å². The van der Waals surface area contributed by atoms with Gasteiger partial charge in [-0.25, -0.2) is 0 Å². The van der Waals surface area contributed by atoms with E-state index < -0.39 is 0 Å². The van der Waals surface area contributed by atoms with Crippen molar-refractivity contribution in [2.45, 2.75) is 12.5 Å². The van der Waals surface area contributed by atoms with Gasteiger partial charge in [-0.1, -0.05) is 18.2 Å². The minimum Gasteiger partial charge on any atom is -0.496 e. The van der Waals surface area contributed by atoms with Crippen LogP contribution in [0.25, 0.3) is 0 Å². The van der Waals surface area contributed by atoms with Gasteiger partial charge < -0.3 is 9.64 Å². The van der Waals surface area contributed by atoms with Gasteiger partial charge >= 0.3 is 0 Å². The number of hydrogen-bond acceptors (Lipinski definition) is 4. The van der Waals surface area contributed by atoms with Crippen molar-refractivity contribution in [3.05, 3.63) is 42.2 Å². The lowest BCUT2D eigenvalue weighted by molar-refractivity contribution is -0.136. The van der Waals surface area contributed by atoms with Crippen molar-refractivity contribution in [2.75, 3.05) is 20.2 Å². The summed E-state index contributed by atoms with van der Waals surface area (Å²) in [5.41, 5.74) is 0.917. The van der Waals surface area contributed by atoms with E-state index in [-0.39, 0.29) is 11.9 Å². The lowest BCUT2D eigenvalue weighted by atomic mass is 10.1. The molecule has 2 heterocycles. The molecule has 1 fully saturated rings. The van der Waals surface area contributed by atoms with Crippen LogP contribution in [0, 0.1) is 0 Å². The van der Waals surface area contributed by atoms with Gasteiger partial charge in [0.05, 0.1) is 25.9 Å². The molecule has 1 aliphatic heterocycles. The number of rotatable bonds is 4. The predicted molar refractivity (Wildman–Crippen MR) is 72.3 cm³/mol. The normalized spacial score (nSPS) is 14.9. The summed E-state index contributed by atoms with van der Waals surface area (Å²) in [5, 5.41) is 8.18. The smallest absolute Gasteiger partial charge is 0.227 e. The van der Waals surface area contributed by atoms with Gasteiger partial charge in [-0.05, 0) is 6.07 Å². The fraction of sp³-hybridized carbons (Fsp3) is 0.357. The highest BCUT2D eigenvalue weighted by molar-refractivity contribution is 5.80. The molecule has 0 spiro atoms. The molecule has 0 bridgehead atoms. The van der Waals surface area contributed by atoms with Gasteiger partial charge in [0.25, 0.3) is 0 Å². The molecule has 1 saturated heterocycles. The maximum atomic E-state index is 12.2. The van der Waals surface area contributed by atoms with Crippen LogP contribution in [0.4, 0.5) is 0 Å². The van der Waals surface area contributed by atoms with Crippen LogP contribution in [0.3, 0.4) is 0 Å². The lowest BCUT2D eigenvalue weighted by Crippen LogP contribution is -2.51. The molecule has 0 aliphatic carbocycles. The van der Waals surface area contributed by atoms with Crippen LogP contribution < -0.4 is 4.74 Å². The fourth-order valence-corrected chi connectivity index (χ4v) is 2.34. The molecule has 0 atom stereocenters. The highest BCUT2D eigenvalue weighted by Gasteiger charge is 2.33. The number of para-hydroxylation sites is 1. The van der Waals surface area contributed by atoms with Crippen molar-refractivity contribution in [2.24, 2.45) is 0 Å². The van der Waals surface area contributed by atoms with E-state index in [2.05, 4.69) is 10.2 Å². The number of ether oxygens (including phenoxy) is 1. The molecule has 6 heteroatoms. The molecule has 1 aromatic heterocycles. The number of methoxy groups -OCH3 is 1. The van der Waals surface area contributed by atoms with Gasteiger partial charge in [0.2, 0.25) is 5.91 Å². The van der Waals surface area contributed by atoms with Gasteiger partial charge in [-0.3, -0.25) is 4.79 Å². The predicted octanol–water partition coefficient (Wildman–Crippen LogP) is 0.913. The van der Waals surface area contributed by atoms with Crippen LogP contribution >= 0.6 is 0 Å². The summed E-state index contributed by atoms with van der Waals surface area (Å²) in [6.45, 7) is 1.34. The number of hydrogen-bond donors (Lipinski definition) is 0. The number of nitrogens with zero attached hydrogens (tertiary/aromatic N) is 4. The minimum absolute atomic E-state index is 0.109. The zero-order chi connectivity index (χ0) is 13.9. The van der Waals surface area contributed by atoms with Crippen molar-refractivity contribution in [3.63, 3.8) is 0 Å². The number of carbonyl (C=O) groups excluding carboxylic acids is 1. The summed E-state index contributed by atoms with van der Waals surface area (Å²) in [6, 6.07) is 7.80. The van der Waals surface area contributed by atoms with Crippen molar-refractivity contribution in [1.82, 2.24) is 19.9 Å². The van der Waals surface area contributed by atoms with Gasteiger partial charge in [0.15, 0.2) is 0 Å². The van der Waals surface area contributed by atoms with Crippen LogP contribution in [-0.2, 0) is 11.2 Å². The molecule has 1 aliphatic rings. The number of amides is 1. The molecule has 2 aromatic rings. The molecule has 1 aromatic carbocycles. The molecule has 1 amide bonds. The third-order valence-corrected chi connectivity index (χ3v) is 3.51. The highest BCUT2D eigenvalue weighted by atomic mass is 16.5. The number of benzene rings is 1. The zero-order valence-electron chi connectivity index (χ0n) is 11.3. The molecule has 20 heavy (non-hydrogen) atoms. The summed E-state index contributed by atoms with van der Waals surface area (Å²) in [4.78, 5) is 15.7. The summed E-state index contributed by atoms with van der Waals surface area (Å²) in [7, 11) is 1.62. The first-order valence-corrected chi connectivity index (χ1v) is 6.53. The quantitative estimate of drug-likeness (QED) is 0.830. The molecular weight excluding hydrogens is 256 g/mol. The Bertz CT molecular complexity index is 591. The zero-order valence-corrected chi connectivity index (χ0v) is 11.3. The first-order chi connectivity index (χ1) is 9.78. The first-order valence-electron chi connectivity index (χ1n) is 6.53. The molecule has 0 radical (unpaired) electrons. The third kappa shape index (κ3) is 2.36. The largest absolute Gasteiger partial charge is 0.496 e. The standard InChI is InChI=1S/C14H16N4O2/c1-20-13-5-3-2-4-11(13)8-14(19)17-9-12(10-17)18-15-6-7-16-18/h2-7,12H,8-10H2,1H3. The van der Waals surface area contributed by atoms with E-state index in [1.54, 1.807) is 24.3 Å². The monoisotopic (exact) mass is 272 g/mol. The van der Waals surface area contributed by atoms with Crippen molar-refractivity contribution < 1.29 is 9.53 Å². The number of aromatic nitrogens is 3. The van der Waals surface area contributed by atoms with Crippen LogP contribution in [0.1, 0.15) is 11.6 Å². The van der Waals surface area contributed by atoms with E-state index in [1.165, 1.54) is 0 Å². The molecular formula is C14H16N4O2. The average molecular weight is 272 g/mol. The Hall–Kier alpha value is -2.37. The van der Waals surface area contributed by atoms with E-state index >= 15 is 0 Å². The van der Waals surface area contributed by atoms with Crippen LogP contribution in [0.2, 0.25) is 0 Å². The Balaban J connectivity index is 1.59. The second-order valence-electron chi connectivity index (χ2n) is 4.79. The van der Waals surface area contributed by atoms with E-state index in [1.807, 2.05) is 29.2 Å². The Morgan fingerprint density at radius 2 is 2.00 bits per heavy atom. The van der Waals surface area contributed by atoms with Crippen molar-refractivity contribution >= 4 is 5.91 Å². The van der Waals surface area contributed by atoms with E-state index in [0.717, 1.165) is 11.3 Å². The minimum atomic E-state index is 0.109. The number of carbonyl (C=O) groups is 1. The van der Waals surface area contributed by atoms with Gasteiger partial charge in [-0.2, -0.15) is 15.0 Å². The Kier molecular flexibility index (Phi) is 3.37. The fourth-order valence-electron chi connectivity index (χ4n) is 2.34. The SMILES string of the molecule is COc1ccccc1CC(=O)N1CC(n2nccn2)C1. The molecule has 0 saturated carbocycles. The molecule has 104 valence electrons. The maximum absolute atomic E-state index is 12.2. The van der Waals surface area contributed by atoms with Crippen LogP contribution in [0.5, 0.6) is 5.75 Å². The Labute approximate surface area is 117 Å².